The number of rotatable bonds is 6. The van der Waals surface area contributed by atoms with Crippen LogP contribution < -0.4 is 5.32 Å². The van der Waals surface area contributed by atoms with Gasteiger partial charge in [0.15, 0.2) is 0 Å². The Kier molecular flexibility index (Phi) is 5.82. The Balaban J connectivity index is 1.74. The number of hydrogen-bond acceptors (Lipinski definition) is 8. The molecule has 2 aromatic heterocycles. The van der Waals surface area contributed by atoms with Crippen LogP contribution in [0.3, 0.4) is 0 Å². The zero-order valence-electron chi connectivity index (χ0n) is 14.9. The summed E-state index contributed by atoms with van der Waals surface area (Å²) in [7, 11) is 0. The molecular weight excluding hydrogens is 340 g/mol. The SMILES string of the molecule is Cc1c(C(=O)OC(C)C)sc2ncnc(NCCN3CCOCC3)c12. The van der Waals surface area contributed by atoms with Crippen molar-refractivity contribution in [2.75, 3.05) is 44.7 Å². The Morgan fingerprint density at radius 2 is 2.16 bits per heavy atom. The van der Waals surface area contributed by atoms with Gasteiger partial charge in [-0.15, -0.1) is 11.3 Å². The van der Waals surface area contributed by atoms with Gasteiger partial charge in [0.05, 0.1) is 24.7 Å². The summed E-state index contributed by atoms with van der Waals surface area (Å²) in [5.74, 6) is 0.477. The van der Waals surface area contributed by atoms with E-state index < -0.39 is 0 Å². The fraction of sp³-hybridized carbons (Fsp3) is 0.588. The van der Waals surface area contributed by atoms with Crippen molar-refractivity contribution in [2.45, 2.75) is 26.9 Å². The quantitative estimate of drug-likeness (QED) is 0.788. The summed E-state index contributed by atoms with van der Waals surface area (Å²) in [5.41, 5.74) is 0.875. The minimum Gasteiger partial charge on any atom is -0.459 e. The number of carbonyl (C=O) groups is 1. The molecule has 136 valence electrons. The number of hydrogen-bond donors (Lipinski definition) is 1. The second-order valence-corrected chi connectivity index (χ2v) is 7.29. The van der Waals surface area contributed by atoms with E-state index in [9.17, 15) is 4.79 Å². The van der Waals surface area contributed by atoms with Crippen LogP contribution in [0.25, 0.3) is 10.2 Å². The predicted octanol–water partition coefficient (Wildman–Crippen LogP) is 2.31. The van der Waals surface area contributed by atoms with E-state index in [1.807, 2.05) is 20.8 Å². The number of nitrogens with zero attached hydrogens (tertiary/aromatic N) is 3. The third-order valence-corrected chi connectivity index (χ3v) is 5.26. The number of thiophene rings is 1. The lowest BCUT2D eigenvalue weighted by Gasteiger charge is -2.26. The fourth-order valence-electron chi connectivity index (χ4n) is 2.83. The molecular formula is C17H24N4O3S. The molecule has 0 amide bonds. The summed E-state index contributed by atoms with van der Waals surface area (Å²) in [6, 6.07) is 0. The van der Waals surface area contributed by atoms with Gasteiger partial charge in [-0.25, -0.2) is 14.8 Å². The van der Waals surface area contributed by atoms with Crippen molar-refractivity contribution >= 4 is 33.3 Å². The van der Waals surface area contributed by atoms with Gasteiger partial charge in [-0.05, 0) is 26.3 Å². The molecule has 0 bridgehead atoms. The van der Waals surface area contributed by atoms with Crippen LogP contribution >= 0.6 is 11.3 Å². The molecule has 25 heavy (non-hydrogen) atoms. The third kappa shape index (κ3) is 4.26. The lowest BCUT2D eigenvalue weighted by molar-refractivity contribution is 0.0383. The van der Waals surface area contributed by atoms with E-state index in [0.717, 1.165) is 61.0 Å². The zero-order chi connectivity index (χ0) is 17.8. The summed E-state index contributed by atoms with van der Waals surface area (Å²) in [6.07, 6.45) is 1.39. The van der Waals surface area contributed by atoms with Gasteiger partial charge >= 0.3 is 5.97 Å². The van der Waals surface area contributed by atoms with Gasteiger partial charge in [-0.2, -0.15) is 0 Å². The monoisotopic (exact) mass is 364 g/mol. The number of fused-ring (bicyclic) bond motifs is 1. The average Bonchev–Trinajstić information content (AvgIpc) is 2.93. The van der Waals surface area contributed by atoms with Crippen molar-refractivity contribution in [2.24, 2.45) is 0 Å². The van der Waals surface area contributed by atoms with Crippen LogP contribution in [0.15, 0.2) is 6.33 Å². The van der Waals surface area contributed by atoms with Gasteiger partial charge in [0.2, 0.25) is 0 Å². The van der Waals surface area contributed by atoms with E-state index in [0.29, 0.717) is 4.88 Å². The molecule has 0 saturated carbocycles. The van der Waals surface area contributed by atoms with E-state index >= 15 is 0 Å². The number of ether oxygens (including phenoxy) is 2. The first kappa shape index (κ1) is 18.0. The summed E-state index contributed by atoms with van der Waals surface area (Å²) >= 11 is 1.36. The normalized spacial score (nSPS) is 15.7. The largest absolute Gasteiger partial charge is 0.459 e. The number of aromatic nitrogens is 2. The molecule has 1 saturated heterocycles. The Morgan fingerprint density at radius 1 is 1.40 bits per heavy atom. The first-order chi connectivity index (χ1) is 12.1. The lowest BCUT2D eigenvalue weighted by Crippen LogP contribution is -2.39. The maximum atomic E-state index is 12.3. The van der Waals surface area contributed by atoms with E-state index in [1.165, 1.54) is 17.7 Å². The Hall–Kier alpha value is -1.77. The van der Waals surface area contributed by atoms with E-state index in [4.69, 9.17) is 9.47 Å². The van der Waals surface area contributed by atoms with Gasteiger partial charge in [-0.3, -0.25) is 4.90 Å². The molecule has 7 nitrogen and oxygen atoms in total. The standard InChI is InChI=1S/C17H24N4O3S/c1-11(2)24-17(22)14-12(3)13-15(19-10-20-16(13)25-14)18-4-5-21-6-8-23-9-7-21/h10-11H,4-9H2,1-3H3,(H,18,19,20). The number of morpholine rings is 1. The lowest BCUT2D eigenvalue weighted by atomic mass is 10.2. The minimum atomic E-state index is -0.297. The average molecular weight is 364 g/mol. The van der Waals surface area contributed by atoms with Gasteiger partial charge in [0.25, 0.3) is 0 Å². The Labute approximate surface area is 151 Å². The minimum absolute atomic E-state index is 0.144. The van der Waals surface area contributed by atoms with E-state index in [1.54, 1.807) is 0 Å². The number of carbonyl (C=O) groups excluding carboxylic acids is 1. The van der Waals surface area contributed by atoms with Crippen molar-refractivity contribution in [1.29, 1.82) is 0 Å². The van der Waals surface area contributed by atoms with Crippen LogP contribution in [0.4, 0.5) is 5.82 Å². The van der Waals surface area contributed by atoms with Crippen LogP contribution in [0, 0.1) is 6.92 Å². The molecule has 0 unspecified atom stereocenters. The molecule has 0 aliphatic carbocycles. The summed E-state index contributed by atoms with van der Waals surface area (Å²) in [5, 5.41) is 4.30. The van der Waals surface area contributed by atoms with Gasteiger partial charge in [0.1, 0.15) is 21.9 Å². The third-order valence-electron chi connectivity index (χ3n) is 4.08. The first-order valence-electron chi connectivity index (χ1n) is 8.55. The molecule has 0 atom stereocenters. The van der Waals surface area contributed by atoms with Crippen molar-refractivity contribution in [3.63, 3.8) is 0 Å². The van der Waals surface area contributed by atoms with Crippen LogP contribution in [0.2, 0.25) is 0 Å². The van der Waals surface area contributed by atoms with Crippen LogP contribution in [0.1, 0.15) is 29.1 Å². The Bertz CT molecular complexity index is 741. The second kappa shape index (κ2) is 8.07. The maximum absolute atomic E-state index is 12.3. The summed E-state index contributed by atoms with van der Waals surface area (Å²) in [4.78, 5) is 24.7. The number of nitrogens with one attached hydrogen (secondary N) is 1. The molecule has 0 spiro atoms. The number of aryl methyl sites for hydroxylation is 1. The highest BCUT2D eigenvalue weighted by molar-refractivity contribution is 7.20. The van der Waals surface area contributed by atoms with Crippen molar-refractivity contribution in [1.82, 2.24) is 14.9 Å². The number of esters is 1. The highest BCUT2D eigenvalue weighted by atomic mass is 32.1. The first-order valence-corrected chi connectivity index (χ1v) is 9.37. The highest BCUT2D eigenvalue weighted by Crippen LogP contribution is 2.33. The molecule has 1 aliphatic rings. The van der Waals surface area contributed by atoms with Gasteiger partial charge in [-0.1, -0.05) is 0 Å². The molecule has 2 aromatic rings. The molecule has 1 aliphatic heterocycles. The molecule has 8 heteroatoms. The molecule has 1 N–H and O–H groups in total. The van der Waals surface area contributed by atoms with Crippen molar-refractivity contribution in [3.8, 4) is 0 Å². The Morgan fingerprint density at radius 3 is 2.88 bits per heavy atom. The maximum Gasteiger partial charge on any atom is 0.348 e. The van der Waals surface area contributed by atoms with Crippen LogP contribution in [-0.4, -0.2) is 66.3 Å². The van der Waals surface area contributed by atoms with Crippen LogP contribution in [0.5, 0.6) is 0 Å². The predicted molar refractivity (Wildman–Crippen MR) is 98.5 cm³/mol. The van der Waals surface area contributed by atoms with Crippen molar-refractivity contribution < 1.29 is 14.3 Å². The van der Waals surface area contributed by atoms with Gasteiger partial charge < -0.3 is 14.8 Å². The second-order valence-electron chi connectivity index (χ2n) is 6.29. The molecule has 3 heterocycles. The molecule has 0 radical (unpaired) electrons. The zero-order valence-corrected chi connectivity index (χ0v) is 15.7. The van der Waals surface area contributed by atoms with E-state index in [-0.39, 0.29) is 12.1 Å². The highest BCUT2D eigenvalue weighted by Gasteiger charge is 2.21. The molecule has 1 fully saturated rings. The van der Waals surface area contributed by atoms with Gasteiger partial charge in [0, 0.05) is 26.2 Å². The smallest absolute Gasteiger partial charge is 0.348 e. The topological polar surface area (TPSA) is 76.6 Å². The molecule has 3 rings (SSSR count). The number of anilines is 1. The van der Waals surface area contributed by atoms with E-state index in [2.05, 4.69) is 20.2 Å². The van der Waals surface area contributed by atoms with Crippen molar-refractivity contribution in [3.05, 3.63) is 16.8 Å². The summed E-state index contributed by atoms with van der Waals surface area (Å²) in [6.45, 7) is 10.8. The molecule has 0 aromatic carbocycles. The summed E-state index contributed by atoms with van der Waals surface area (Å²) < 4.78 is 10.7. The van der Waals surface area contributed by atoms with Crippen LogP contribution in [-0.2, 0) is 9.47 Å². The fourth-order valence-corrected chi connectivity index (χ4v) is 3.86.